The minimum absolute atomic E-state index is 0.290. The summed E-state index contributed by atoms with van der Waals surface area (Å²) in [5.74, 6) is 0.401. The molecule has 1 amide bonds. The summed E-state index contributed by atoms with van der Waals surface area (Å²) in [5, 5.41) is 5.28. The Balaban J connectivity index is 1.78. The van der Waals surface area contributed by atoms with Gasteiger partial charge in [0.15, 0.2) is 5.13 Å². The number of methoxy groups -OCH3 is 1. The smallest absolute Gasteiger partial charge is 0.329 e. The Labute approximate surface area is 176 Å². The number of H-pyrrole nitrogens is 1. The number of benzene rings is 1. The number of ether oxygens (including phenoxy) is 1. The van der Waals surface area contributed by atoms with Gasteiger partial charge in [0, 0.05) is 11.6 Å². The second-order valence-electron chi connectivity index (χ2n) is 7.60. The van der Waals surface area contributed by atoms with Gasteiger partial charge in [0.2, 0.25) is 5.91 Å². The summed E-state index contributed by atoms with van der Waals surface area (Å²) in [6, 6.07) is 3.98. The molecule has 2 heterocycles. The SMILES string of the molecule is COc1ccc2[nH]c(=O)n(C(CC3CCCCC3)C(=O)Nc3nccs3)c(=O)c2c1. The van der Waals surface area contributed by atoms with Crippen molar-refractivity contribution in [2.75, 3.05) is 12.4 Å². The van der Waals surface area contributed by atoms with E-state index >= 15 is 0 Å². The van der Waals surface area contributed by atoms with Gasteiger partial charge in [0.05, 0.1) is 18.0 Å². The lowest BCUT2D eigenvalue weighted by Crippen LogP contribution is -2.43. The van der Waals surface area contributed by atoms with Crippen molar-refractivity contribution >= 4 is 33.3 Å². The zero-order chi connectivity index (χ0) is 21.1. The highest BCUT2D eigenvalue weighted by Crippen LogP contribution is 2.31. The lowest BCUT2D eigenvalue weighted by atomic mass is 9.84. The van der Waals surface area contributed by atoms with E-state index in [4.69, 9.17) is 4.74 Å². The first kappa shape index (κ1) is 20.3. The molecular formula is C21H24N4O4S. The normalized spacial score (nSPS) is 15.8. The fourth-order valence-corrected chi connectivity index (χ4v) is 4.69. The van der Waals surface area contributed by atoms with Crippen molar-refractivity contribution in [3.05, 3.63) is 50.6 Å². The molecule has 2 aromatic heterocycles. The van der Waals surface area contributed by atoms with Gasteiger partial charge >= 0.3 is 5.69 Å². The number of amides is 1. The number of thiazole rings is 1. The molecule has 158 valence electrons. The minimum atomic E-state index is -0.913. The van der Waals surface area contributed by atoms with Crippen molar-refractivity contribution in [2.24, 2.45) is 5.92 Å². The van der Waals surface area contributed by atoms with Gasteiger partial charge in [-0.05, 0) is 30.5 Å². The van der Waals surface area contributed by atoms with Crippen LogP contribution in [0.15, 0.2) is 39.4 Å². The average molecular weight is 429 g/mol. The number of fused-ring (bicyclic) bond motifs is 1. The van der Waals surface area contributed by atoms with Crippen LogP contribution < -0.4 is 21.3 Å². The Morgan fingerprint density at radius 1 is 1.33 bits per heavy atom. The molecule has 0 spiro atoms. The van der Waals surface area contributed by atoms with E-state index in [-0.39, 0.29) is 5.92 Å². The number of nitrogens with zero attached hydrogens (tertiary/aromatic N) is 2. The topological polar surface area (TPSA) is 106 Å². The molecule has 0 bridgehead atoms. The zero-order valence-corrected chi connectivity index (χ0v) is 17.5. The van der Waals surface area contributed by atoms with Crippen molar-refractivity contribution in [3.8, 4) is 5.75 Å². The Bertz CT molecular complexity index is 1150. The second kappa shape index (κ2) is 8.83. The Kier molecular flexibility index (Phi) is 5.98. The van der Waals surface area contributed by atoms with E-state index in [9.17, 15) is 14.4 Å². The fraction of sp³-hybridized carbons (Fsp3) is 0.429. The summed E-state index contributed by atoms with van der Waals surface area (Å²) in [6.45, 7) is 0. The summed E-state index contributed by atoms with van der Waals surface area (Å²) in [6.07, 6.45) is 7.41. The van der Waals surface area contributed by atoms with Crippen LogP contribution in [0.1, 0.15) is 44.6 Å². The van der Waals surface area contributed by atoms with Gasteiger partial charge in [0.25, 0.3) is 5.56 Å². The number of nitrogens with one attached hydrogen (secondary N) is 2. The largest absolute Gasteiger partial charge is 0.497 e. The summed E-state index contributed by atoms with van der Waals surface area (Å²) in [7, 11) is 1.51. The van der Waals surface area contributed by atoms with Crippen LogP contribution >= 0.6 is 11.3 Å². The highest BCUT2D eigenvalue weighted by Gasteiger charge is 2.29. The van der Waals surface area contributed by atoms with Gasteiger partial charge in [-0.1, -0.05) is 32.1 Å². The molecule has 2 N–H and O–H groups in total. The predicted molar refractivity (Wildman–Crippen MR) is 116 cm³/mol. The molecule has 0 aliphatic heterocycles. The quantitative estimate of drug-likeness (QED) is 0.627. The van der Waals surface area contributed by atoms with Crippen LogP contribution in [0.3, 0.4) is 0 Å². The van der Waals surface area contributed by atoms with Crippen LogP contribution in [0.5, 0.6) is 5.75 Å². The predicted octanol–water partition coefficient (Wildman–Crippen LogP) is 3.31. The van der Waals surface area contributed by atoms with Crippen molar-refractivity contribution in [2.45, 2.75) is 44.6 Å². The molecule has 0 radical (unpaired) electrons. The highest BCUT2D eigenvalue weighted by molar-refractivity contribution is 7.13. The fourth-order valence-electron chi connectivity index (χ4n) is 4.16. The molecule has 1 saturated carbocycles. The summed E-state index contributed by atoms with van der Waals surface area (Å²) >= 11 is 1.29. The van der Waals surface area contributed by atoms with E-state index in [0.717, 1.165) is 30.3 Å². The Hall–Kier alpha value is -2.94. The summed E-state index contributed by atoms with van der Waals surface area (Å²) in [4.78, 5) is 46.2. The number of carbonyl (C=O) groups is 1. The number of aromatic amines is 1. The van der Waals surface area contributed by atoms with Crippen LogP contribution in [0.2, 0.25) is 0 Å². The Morgan fingerprint density at radius 3 is 2.83 bits per heavy atom. The standard InChI is InChI=1S/C21H24N4O4S/c1-29-14-7-8-16-15(12-14)19(27)25(21(28)23-16)17(11-13-5-3-2-4-6-13)18(26)24-20-22-9-10-30-20/h7-10,12-13,17H,2-6,11H2,1H3,(H,23,28)(H,22,24,26). The van der Waals surface area contributed by atoms with Crippen molar-refractivity contribution in [1.82, 2.24) is 14.5 Å². The molecule has 3 aromatic rings. The number of hydrogen-bond donors (Lipinski definition) is 2. The van der Waals surface area contributed by atoms with Gasteiger partial charge in [-0.15, -0.1) is 11.3 Å². The maximum absolute atomic E-state index is 13.3. The van der Waals surface area contributed by atoms with Crippen LogP contribution in [-0.2, 0) is 4.79 Å². The van der Waals surface area contributed by atoms with Gasteiger partial charge < -0.3 is 15.0 Å². The lowest BCUT2D eigenvalue weighted by Gasteiger charge is -2.26. The number of rotatable bonds is 6. The third kappa shape index (κ3) is 4.16. The molecular weight excluding hydrogens is 404 g/mol. The van der Waals surface area contributed by atoms with E-state index in [1.807, 2.05) is 0 Å². The van der Waals surface area contributed by atoms with Gasteiger partial charge in [-0.3, -0.25) is 9.59 Å². The van der Waals surface area contributed by atoms with Gasteiger partial charge in [-0.25, -0.2) is 14.3 Å². The summed E-state index contributed by atoms with van der Waals surface area (Å²) < 4.78 is 6.28. The molecule has 1 aliphatic rings. The van der Waals surface area contributed by atoms with Gasteiger partial charge in [-0.2, -0.15) is 0 Å². The first-order chi connectivity index (χ1) is 14.6. The molecule has 9 heteroatoms. The van der Waals surface area contributed by atoms with E-state index < -0.39 is 23.2 Å². The first-order valence-corrected chi connectivity index (χ1v) is 11.0. The summed E-state index contributed by atoms with van der Waals surface area (Å²) in [5.41, 5.74) is -0.672. The van der Waals surface area contributed by atoms with Crippen molar-refractivity contribution in [1.29, 1.82) is 0 Å². The monoisotopic (exact) mass is 428 g/mol. The first-order valence-electron chi connectivity index (χ1n) is 10.1. The molecule has 1 aromatic carbocycles. The second-order valence-corrected chi connectivity index (χ2v) is 8.49. The van der Waals surface area contributed by atoms with Crippen LogP contribution in [0, 0.1) is 5.92 Å². The third-order valence-corrected chi connectivity index (χ3v) is 6.38. The highest BCUT2D eigenvalue weighted by atomic mass is 32.1. The van der Waals surface area contributed by atoms with E-state index in [1.165, 1.54) is 24.9 Å². The number of hydrogen-bond acceptors (Lipinski definition) is 6. The number of aromatic nitrogens is 3. The Morgan fingerprint density at radius 2 is 2.13 bits per heavy atom. The van der Waals surface area contributed by atoms with E-state index in [1.54, 1.807) is 29.8 Å². The molecule has 30 heavy (non-hydrogen) atoms. The third-order valence-electron chi connectivity index (χ3n) is 5.69. The van der Waals surface area contributed by atoms with Crippen LogP contribution in [-0.4, -0.2) is 27.6 Å². The zero-order valence-electron chi connectivity index (χ0n) is 16.7. The lowest BCUT2D eigenvalue weighted by molar-refractivity contribution is -0.120. The molecule has 4 rings (SSSR count). The minimum Gasteiger partial charge on any atom is -0.497 e. The van der Waals surface area contributed by atoms with E-state index in [2.05, 4.69) is 15.3 Å². The maximum atomic E-state index is 13.3. The maximum Gasteiger partial charge on any atom is 0.329 e. The number of carbonyl (C=O) groups excluding carboxylic acids is 1. The molecule has 1 aliphatic carbocycles. The molecule has 1 fully saturated rings. The molecule has 1 unspecified atom stereocenters. The molecule has 1 atom stereocenters. The molecule has 0 saturated heterocycles. The number of anilines is 1. The van der Waals surface area contributed by atoms with Crippen LogP contribution in [0.4, 0.5) is 5.13 Å². The van der Waals surface area contributed by atoms with Crippen molar-refractivity contribution < 1.29 is 9.53 Å². The van der Waals surface area contributed by atoms with E-state index in [0.29, 0.717) is 28.2 Å². The molecule has 8 nitrogen and oxygen atoms in total. The van der Waals surface area contributed by atoms with Crippen LogP contribution in [0.25, 0.3) is 10.9 Å². The average Bonchev–Trinajstić information content (AvgIpc) is 3.26. The van der Waals surface area contributed by atoms with Crippen molar-refractivity contribution in [3.63, 3.8) is 0 Å². The van der Waals surface area contributed by atoms with Gasteiger partial charge in [0.1, 0.15) is 11.8 Å².